The third-order valence-electron chi connectivity index (χ3n) is 3.72. The van der Waals surface area contributed by atoms with E-state index in [0.29, 0.717) is 12.6 Å². The first-order chi connectivity index (χ1) is 7.11. The Morgan fingerprint density at radius 2 is 2.13 bits per heavy atom. The fourth-order valence-corrected chi connectivity index (χ4v) is 2.63. The topological polar surface area (TPSA) is 55.7 Å². The van der Waals surface area contributed by atoms with Gasteiger partial charge in [-0.2, -0.15) is 0 Å². The van der Waals surface area contributed by atoms with Gasteiger partial charge in [-0.05, 0) is 38.8 Å². The number of nitrogens with zero attached hydrogens (tertiary/aromatic N) is 1. The van der Waals surface area contributed by atoms with E-state index < -0.39 is 5.60 Å². The van der Waals surface area contributed by atoms with Gasteiger partial charge in [0.15, 0.2) is 0 Å². The highest BCUT2D eigenvalue weighted by molar-refractivity contribution is 4.91. The van der Waals surface area contributed by atoms with E-state index in [1.165, 1.54) is 32.5 Å². The lowest BCUT2D eigenvalue weighted by atomic mass is 9.93. The highest BCUT2D eigenvalue weighted by atomic mass is 16.3. The van der Waals surface area contributed by atoms with Gasteiger partial charge >= 0.3 is 0 Å². The standard InChI is InChI=1S/C11H22N2O2/c1-11(15,8-14)7-12-10-3-5-13-4-2-9(10)6-13/h9-10,12,14-15H,2-8H2,1H3. The molecule has 2 rings (SSSR count). The van der Waals surface area contributed by atoms with Crippen molar-refractivity contribution in [2.75, 3.05) is 32.8 Å². The van der Waals surface area contributed by atoms with Crippen molar-refractivity contribution >= 4 is 0 Å². The minimum absolute atomic E-state index is 0.177. The number of fused-ring (bicyclic) bond motifs is 2. The van der Waals surface area contributed by atoms with Gasteiger partial charge in [0.05, 0.1) is 12.2 Å². The molecule has 3 N–H and O–H groups in total. The Morgan fingerprint density at radius 3 is 2.87 bits per heavy atom. The van der Waals surface area contributed by atoms with E-state index in [9.17, 15) is 5.11 Å². The smallest absolute Gasteiger partial charge is 0.0972 e. The van der Waals surface area contributed by atoms with E-state index in [1.54, 1.807) is 6.92 Å². The molecule has 88 valence electrons. The van der Waals surface area contributed by atoms with Gasteiger partial charge in [0.25, 0.3) is 0 Å². The SMILES string of the molecule is CC(O)(CO)CNC1CCN2CCC1C2. The Balaban J connectivity index is 1.79. The quantitative estimate of drug-likeness (QED) is 0.586. The Kier molecular flexibility index (Phi) is 3.30. The van der Waals surface area contributed by atoms with Gasteiger partial charge in [-0.25, -0.2) is 0 Å². The highest BCUT2D eigenvalue weighted by Gasteiger charge is 2.34. The summed E-state index contributed by atoms with van der Waals surface area (Å²) in [7, 11) is 0. The lowest BCUT2D eigenvalue weighted by Gasteiger charge is -2.33. The first kappa shape index (κ1) is 11.3. The average Bonchev–Trinajstić information content (AvgIpc) is 2.60. The van der Waals surface area contributed by atoms with Crippen LogP contribution in [0.5, 0.6) is 0 Å². The molecule has 2 aliphatic heterocycles. The van der Waals surface area contributed by atoms with Crippen molar-refractivity contribution < 1.29 is 10.2 Å². The molecule has 2 fully saturated rings. The number of rotatable bonds is 4. The van der Waals surface area contributed by atoms with Crippen molar-refractivity contribution in [3.8, 4) is 0 Å². The first-order valence-electron chi connectivity index (χ1n) is 5.90. The summed E-state index contributed by atoms with van der Waals surface area (Å²) in [5.41, 5.74) is -0.976. The molecular formula is C11H22N2O2. The van der Waals surface area contributed by atoms with Gasteiger partial charge in [-0.15, -0.1) is 0 Å². The number of aliphatic hydroxyl groups excluding tert-OH is 1. The van der Waals surface area contributed by atoms with Gasteiger partial charge < -0.3 is 20.4 Å². The third-order valence-corrected chi connectivity index (χ3v) is 3.72. The van der Waals surface area contributed by atoms with Crippen LogP contribution in [0, 0.1) is 5.92 Å². The maximum absolute atomic E-state index is 9.70. The molecule has 0 aliphatic carbocycles. The van der Waals surface area contributed by atoms with Gasteiger partial charge in [0.2, 0.25) is 0 Å². The normalized spacial score (nSPS) is 39.0. The number of piperidine rings is 1. The van der Waals surface area contributed by atoms with Crippen LogP contribution in [0.25, 0.3) is 0 Å². The van der Waals surface area contributed by atoms with E-state index in [-0.39, 0.29) is 6.61 Å². The number of hydrogen-bond donors (Lipinski definition) is 3. The molecule has 4 nitrogen and oxygen atoms in total. The van der Waals surface area contributed by atoms with Gasteiger partial charge in [-0.1, -0.05) is 0 Å². The molecule has 0 aromatic rings. The average molecular weight is 214 g/mol. The summed E-state index contributed by atoms with van der Waals surface area (Å²) in [6.45, 7) is 5.60. The zero-order chi connectivity index (χ0) is 10.9. The molecule has 4 atom stereocenters. The van der Waals surface area contributed by atoms with Crippen molar-refractivity contribution in [2.45, 2.75) is 31.4 Å². The predicted octanol–water partition coefficient (Wildman–Crippen LogP) is -0.587. The molecule has 0 aromatic carbocycles. The van der Waals surface area contributed by atoms with Crippen molar-refractivity contribution in [1.82, 2.24) is 10.2 Å². The van der Waals surface area contributed by atoms with E-state index in [1.807, 2.05) is 0 Å². The molecule has 4 unspecified atom stereocenters. The van der Waals surface area contributed by atoms with E-state index >= 15 is 0 Å². The third kappa shape index (κ3) is 2.69. The van der Waals surface area contributed by atoms with Crippen LogP contribution in [0.1, 0.15) is 19.8 Å². The van der Waals surface area contributed by atoms with E-state index in [0.717, 1.165) is 5.92 Å². The Hall–Kier alpha value is -0.160. The predicted molar refractivity (Wildman–Crippen MR) is 58.7 cm³/mol. The summed E-state index contributed by atoms with van der Waals surface area (Å²) < 4.78 is 0. The molecule has 0 saturated carbocycles. The molecule has 0 spiro atoms. The Labute approximate surface area is 91.3 Å². The minimum Gasteiger partial charge on any atom is -0.393 e. The summed E-state index contributed by atoms with van der Waals surface area (Å²) >= 11 is 0. The second-order valence-corrected chi connectivity index (χ2v) is 5.28. The summed E-state index contributed by atoms with van der Waals surface area (Å²) in [6.07, 6.45) is 2.45. The van der Waals surface area contributed by atoms with Crippen LogP contribution in [0.4, 0.5) is 0 Å². The van der Waals surface area contributed by atoms with E-state index in [4.69, 9.17) is 5.11 Å². The van der Waals surface area contributed by atoms with Crippen LogP contribution in [0.3, 0.4) is 0 Å². The van der Waals surface area contributed by atoms with Crippen molar-refractivity contribution in [1.29, 1.82) is 0 Å². The Bertz CT molecular complexity index is 221. The second kappa shape index (κ2) is 4.37. The molecule has 0 amide bonds. The van der Waals surface area contributed by atoms with Crippen LogP contribution in [0.2, 0.25) is 0 Å². The second-order valence-electron chi connectivity index (χ2n) is 5.28. The van der Waals surface area contributed by atoms with Gasteiger partial charge in [0, 0.05) is 19.1 Å². The zero-order valence-electron chi connectivity index (χ0n) is 9.45. The van der Waals surface area contributed by atoms with Crippen LogP contribution < -0.4 is 5.32 Å². The minimum atomic E-state index is -0.976. The lowest BCUT2D eigenvalue weighted by Crippen LogP contribution is -2.50. The van der Waals surface area contributed by atoms with Crippen LogP contribution in [-0.4, -0.2) is 59.5 Å². The molecule has 2 saturated heterocycles. The summed E-state index contributed by atoms with van der Waals surface area (Å²) in [6, 6.07) is 0.529. The summed E-state index contributed by atoms with van der Waals surface area (Å²) in [4.78, 5) is 2.51. The molecule has 2 bridgehead atoms. The summed E-state index contributed by atoms with van der Waals surface area (Å²) in [5, 5.41) is 22.1. The monoisotopic (exact) mass is 214 g/mol. The molecule has 2 aliphatic rings. The molecule has 0 radical (unpaired) electrons. The number of aliphatic hydroxyl groups is 2. The zero-order valence-corrected chi connectivity index (χ0v) is 9.45. The lowest BCUT2D eigenvalue weighted by molar-refractivity contribution is -0.00177. The maximum Gasteiger partial charge on any atom is 0.0972 e. The molecule has 4 heteroatoms. The fraction of sp³-hybridized carbons (Fsp3) is 1.00. The fourth-order valence-electron chi connectivity index (χ4n) is 2.63. The molecule has 2 heterocycles. The van der Waals surface area contributed by atoms with Crippen molar-refractivity contribution in [2.24, 2.45) is 5.92 Å². The highest BCUT2D eigenvalue weighted by Crippen LogP contribution is 2.27. The van der Waals surface area contributed by atoms with Crippen molar-refractivity contribution in [3.05, 3.63) is 0 Å². The van der Waals surface area contributed by atoms with Gasteiger partial charge in [0.1, 0.15) is 0 Å². The van der Waals surface area contributed by atoms with Crippen molar-refractivity contribution in [3.63, 3.8) is 0 Å². The van der Waals surface area contributed by atoms with Crippen LogP contribution >= 0.6 is 0 Å². The number of nitrogens with one attached hydrogen (secondary N) is 1. The summed E-state index contributed by atoms with van der Waals surface area (Å²) in [5.74, 6) is 0.744. The maximum atomic E-state index is 9.70. The first-order valence-corrected chi connectivity index (χ1v) is 5.90. The largest absolute Gasteiger partial charge is 0.393 e. The van der Waals surface area contributed by atoms with Gasteiger partial charge in [-0.3, -0.25) is 0 Å². The van der Waals surface area contributed by atoms with E-state index in [2.05, 4.69) is 10.2 Å². The Morgan fingerprint density at radius 1 is 1.40 bits per heavy atom. The molecule has 0 aromatic heterocycles. The van der Waals surface area contributed by atoms with Crippen LogP contribution in [-0.2, 0) is 0 Å². The molecule has 15 heavy (non-hydrogen) atoms. The van der Waals surface area contributed by atoms with Crippen LogP contribution in [0.15, 0.2) is 0 Å². The number of hydrogen-bond acceptors (Lipinski definition) is 4. The molecular weight excluding hydrogens is 192 g/mol.